The van der Waals surface area contributed by atoms with Crippen LogP contribution in [0.1, 0.15) is 84.5 Å². The van der Waals surface area contributed by atoms with Crippen molar-refractivity contribution in [2.75, 3.05) is 13.1 Å². The average molecular weight is 1230 g/mol. The molecule has 10 N–H and O–H groups in total. The number of rotatable bonds is 22. The van der Waals surface area contributed by atoms with Crippen LogP contribution >= 0.6 is 22.6 Å². The smallest absolute Gasteiger partial charge is 0.416 e. The molecule has 24 heteroatoms. The fourth-order valence-electron chi connectivity index (χ4n) is 9.52. The van der Waals surface area contributed by atoms with Gasteiger partial charge in [-0.3, -0.25) is 33.6 Å². The minimum absolute atomic E-state index is 0.0234. The van der Waals surface area contributed by atoms with Crippen LogP contribution in [0.5, 0.6) is 5.75 Å². The Morgan fingerprint density at radius 2 is 1.36 bits per heavy atom. The van der Waals surface area contributed by atoms with E-state index in [0.29, 0.717) is 40.6 Å². The number of nitrogens with two attached hydrogens (primary N) is 1. The van der Waals surface area contributed by atoms with Crippen LogP contribution in [0.15, 0.2) is 85.1 Å². The summed E-state index contributed by atoms with van der Waals surface area (Å²) in [7, 11) is 0. The number of alkyl halides is 6. The Kier molecular flexibility index (Phi) is 20.8. The first kappa shape index (κ1) is 62.0. The Balaban J connectivity index is 1.15. The number of phenolic OH excluding ortho intramolecular Hbond substituents is 1. The highest BCUT2D eigenvalue weighted by molar-refractivity contribution is 14.1. The van der Waals surface area contributed by atoms with Crippen molar-refractivity contribution in [3.63, 3.8) is 0 Å². The summed E-state index contributed by atoms with van der Waals surface area (Å²) in [6.45, 7) is 7.20. The van der Waals surface area contributed by atoms with Crippen LogP contribution < -0.4 is 37.6 Å². The van der Waals surface area contributed by atoms with E-state index in [0.717, 1.165) is 20.3 Å². The molecule has 0 spiro atoms. The number of nitrogens with zero attached hydrogens (tertiary/aromatic N) is 1. The number of carbonyl (C=O) groups is 7. The number of aryl methyl sites for hydroxylation is 2. The highest BCUT2D eigenvalue weighted by Gasteiger charge is 2.41. The van der Waals surface area contributed by atoms with Crippen molar-refractivity contribution in [2.24, 2.45) is 11.7 Å². The predicted octanol–water partition coefficient (Wildman–Crippen LogP) is 5.92. The fraction of sp³-hybridized carbons (Fsp3) is 0.411. The third kappa shape index (κ3) is 16.9. The van der Waals surface area contributed by atoms with E-state index in [-0.39, 0.29) is 56.4 Å². The van der Waals surface area contributed by atoms with Gasteiger partial charge in [0.15, 0.2) is 0 Å². The molecule has 1 aromatic heterocycles. The second kappa shape index (κ2) is 26.8. The van der Waals surface area contributed by atoms with Gasteiger partial charge in [-0.25, -0.2) is 0 Å². The number of hydrogen-bond donors (Lipinski definition) is 9. The molecule has 5 aromatic rings. The van der Waals surface area contributed by atoms with Crippen molar-refractivity contribution >= 4 is 74.8 Å². The van der Waals surface area contributed by atoms with E-state index in [1.165, 1.54) is 11.8 Å². The topological polar surface area (TPSA) is 257 Å². The number of aromatic nitrogens is 1. The molecule has 0 unspecified atom stereocenters. The number of nitrogens with one attached hydrogen (secondary N) is 7. The lowest BCUT2D eigenvalue weighted by Crippen LogP contribution is -2.59. The summed E-state index contributed by atoms with van der Waals surface area (Å²) in [6, 6.07) is 10.8. The molecule has 0 bridgehead atoms. The van der Waals surface area contributed by atoms with Gasteiger partial charge in [-0.1, -0.05) is 44.2 Å². The van der Waals surface area contributed by atoms with Gasteiger partial charge in [0.05, 0.1) is 23.7 Å². The van der Waals surface area contributed by atoms with Crippen LogP contribution in [0.3, 0.4) is 0 Å². The van der Waals surface area contributed by atoms with Crippen LogP contribution in [0.2, 0.25) is 0 Å². The number of phenols is 1. The normalized spacial score (nSPS) is 15.6. The van der Waals surface area contributed by atoms with Gasteiger partial charge in [0.1, 0.15) is 36.0 Å². The number of hydrogen-bond acceptors (Lipinski definition) is 9. The zero-order chi connectivity index (χ0) is 58.8. The van der Waals surface area contributed by atoms with E-state index in [1.54, 1.807) is 94.6 Å². The number of fused-ring (bicyclic) bond motifs is 1. The molecule has 1 fully saturated rings. The van der Waals surface area contributed by atoms with Crippen LogP contribution in [0.25, 0.3) is 10.9 Å². The van der Waals surface area contributed by atoms with Crippen molar-refractivity contribution in [3.05, 3.63) is 133 Å². The summed E-state index contributed by atoms with van der Waals surface area (Å²) in [5, 5.41) is 26.0. The Morgan fingerprint density at radius 3 is 1.99 bits per heavy atom. The third-order valence-corrected chi connectivity index (χ3v) is 14.3. The minimum atomic E-state index is -5.14. The zero-order valence-corrected chi connectivity index (χ0v) is 46.6. The summed E-state index contributed by atoms with van der Waals surface area (Å²) < 4.78 is 83.1. The van der Waals surface area contributed by atoms with Crippen molar-refractivity contribution in [1.82, 2.24) is 41.8 Å². The van der Waals surface area contributed by atoms with Crippen molar-refractivity contribution in [3.8, 4) is 5.75 Å². The maximum atomic E-state index is 14.6. The van der Waals surface area contributed by atoms with Crippen molar-refractivity contribution in [1.29, 1.82) is 0 Å². The van der Waals surface area contributed by atoms with Crippen molar-refractivity contribution in [2.45, 2.75) is 128 Å². The van der Waals surface area contributed by atoms with Gasteiger partial charge >= 0.3 is 12.4 Å². The van der Waals surface area contributed by atoms with E-state index in [1.807, 2.05) is 0 Å². The Hall–Kier alpha value is -7.22. The molecule has 0 radical (unpaired) electrons. The molecule has 0 aliphatic carbocycles. The monoisotopic (exact) mass is 1230 g/mol. The van der Waals surface area contributed by atoms with Gasteiger partial charge in [-0.05, 0) is 157 Å². The third-order valence-electron chi connectivity index (χ3n) is 13.6. The van der Waals surface area contributed by atoms with E-state index in [4.69, 9.17) is 5.73 Å². The first-order valence-corrected chi connectivity index (χ1v) is 26.8. The SMILES string of the molecule is Cc1cc(O)cc(C)c1C[C@H](N)C(=O)N[C@@H](C)C(=O)NCC(=O)N[C@@H](Cc1ccc(I)cc1)C(=O)N1CCC[C@H]1C(=O)N[C@@H](CC(C)C)C(=O)N[C@@H](Cc1c[nH]c2ccccc12)C(=O)NCc1cc(C(F)(F)F)cc(C(F)(F)F)c1. The molecule has 6 rings (SSSR count). The summed E-state index contributed by atoms with van der Waals surface area (Å²) in [5.74, 6) is -5.46. The number of para-hydroxylation sites is 1. The maximum absolute atomic E-state index is 14.6. The molecule has 6 atom stereocenters. The van der Waals surface area contributed by atoms with Crippen LogP contribution in [-0.4, -0.2) is 106 Å². The van der Waals surface area contributed by atoms with Gasteiger partial charge in [-0.15, -0.1) is 0 Å². The van der Waals surface area contributed by atoms with E-state index in [9.17, 15) is 65.0 Å². The maximum Gasteiger partial charge on any atom is 0.416 e. The Labute approximate surface area is 471 Å². The highest BCUT2D eigenvalue weighted by atomic mass is 127. The molecular weight excluding hydrogens is 1170 g/mol. The summed E-state index contributed by atoms with van der Waals surface area (Å²) in [6.07, 6.45) is -8.25. The van der Waals surface area contributed by atoms with Crippen LogP contribution in [-0.2, 0) is 71.7 Å². The van der Waals surface area contributed by atoms with E-state index >= 15 is 0 Å². The first-order chi connectivity index (χ1) is 37.6. The number of likely N-dealkylation sites (tertiary alicyclic amines) is 1. The number of amides is 7. The second-order valence-electron chi connectivity index (χ2n) is 20.4. The molecule has 17 nitrogen and oxygen atoms in total. The number of carbonyl (C=O) groups excluding carboxylic acids is 7. The van der Waals surface area contributed by atoms with Crippen LogP contribution in [0.4, 0.5) is 26.3 Å². The molecule has 7 amide bonds. The Bertz CT molecular complexity index is 3020. The lowest BCUT2D eigenvalue weighted by Gasteiger charge is -2.30. The first-order valence-electron chi connectivity index (χ1n) is 25.8. The fourth-order valence-corrected chi connectivity index (χ4v) is 9.88. The lowest BCUT2D eigenvalue weighted by atomic mass is 9.96. The van der Waals surface area contributed by atoms with E-state index in [2.05, 4.69) is 59.5 Å². The van der Waals surface area contributed by atoms with Gasteiger partial charge in [0.25, 0.3) is 0 Å². The predicted molar refractivity (Wildman–Crippen MR) is 293 cm³/mol. The molecular formula is C56H64F6IN9O8. The standard InChI is InChI=1S/C56H64F6IN9O8/c1-29(2)17-44(52(78)70-45(23-35-27-65-43-10-7-6-9-40(35)43)51(77)66-26-34-20-36(55(57,58)59)24-37(21-34)56(60,61)62)71-53(79)47-11-8-16-72(47)54(80)46(22-33-12-14-38(63)15-13-33)69-48(74)28-67-49(75)32(5)68-50(76)42(64)25-41-30(3)18-39(73)19-31(41)4/h6-7,9-10,12-15,18-21,24,27,29,32,42,44-47,65,73H,8,11,16-17,22-23,25-26,28,64H2,1-5H3,(H,66,77)(H,67,75)(H,68,76)(H,69,74)(H,70,78)(H,71,79)/t32-,42-,44-,45-,46-,47-/m0/s1. The number of benzene rings is 4. The second-order valence-corrected chi connectivity index (χ2v) is 21.7. The zero-order valence-electron chi connectivity index (χ0n) is 44.5. The van der Waals surface area contributed by atoms with Gasteiger partial charge < -0.3 is 52.6 Å². The van der Waals surface area contributed by atoms with Crippen LogP contribution in [0, 0.1) is 23.3 Å². The summed E-state index contributed by atoms with van der Waals surface area (Å²) in [5.41, 5.74) is 6.62. The Morgan fingerprint density at radius 1 is 0.725 bits per heavy atom. The van der Waals surface area contributed by atoms with Gasteiger partial charge in [-0.2, -0.15) is 26.3 Å². The highest BCUT2D eigenvalue weighted by Crippen LogP contribution is 2.36. The quantitative estimate of drug-likeness (QED) is 0.0294. The molecule has 80 heavy (non-hydrogen) atoms. The number of aromatic amines is 1. The van der Waals surface area contributed by atoms with E-state index < -0.39 is 120 Å². The molecule has 430 valence electrons. The lowest BCUT2D eigenvalue weighted by molar-refractivity contribution is -0.143. The summed E-state index contributed by atoms with van der Waals surface area (Å²) >= 11 is 2.11. The molecule has 2 heterocycles. The molecule has 1 aliphatic rings. The number of aromatic hydroxyl groups is 1. The van der Waals surface area contributed by atoms with Gasteiger partial charge in [0, 0.05) is 46.6 Å². The molecule has 4 aromatic carbocycles. The molecule has 1 saturated heterocycles. The molecule has 0 saturated carbocycles. The average Bonchev–Trinajstić information content (AvgIpc) is 4.07. The number of halogens is 7. The minimum Gasteiger partial charge on any atom is -0.508 e. The van der Waals surface area contributed by atoms with Crippen molar-refractivity contribution < 1.29 is 65.0 Å². The summed E-state index contributed by atoms with van der Waals surface area (Å²) in [4.78, 5) is 101. The number of H-pyrrole nitrogens is 1. The molecule has 1 aliphatic heterocycles. The van der Waals surface area contributed by atoms with Gasteiger partial charge in [0.2, 0.25) is 41.4 Å². The largest absolute Gasteiger partial charge is 0.508 e.